The summed E-state index contributed by atoms with van der Waals surface area (Å²) < 4.78 is 0. The lowest BCUT2D eigenvalue weighted by molar-refractivity contribution is 0.319. The van der Waals surface area contributed by atoms with Crippen LogP contribution in [0.2, 0.25) is 0 Å². The van der Waals surface area contributed by atoms with Gasteiger partial charge in [0.1, 0.15) is 0 Å². The molecule has 1 aromatic carbocycles. The summed E-state index contributed by atoms with van der Waals surface area (Å²) in [6.07, 6.45) is 60.5. The summed E-state index contributed by atoms with van der Waals surface area (Å²) in [6.45, 7) is 23.7. The maximum Gasteiger partial charge on any atom is 0.0554 e. The Morgan fingerprint density at radius 1 is 0.677 bits per heavy atom. The molecule has 0 radical (unpaired) electrons. The van der Waals surface area contributed by atoms with E-state index in [-0.39, 0.29) is 10.8 Å². The summed E-state index contributed by atoms with van der Waals surface area (Å²) in [5.74, 6) is 0. The highest BCUT2D eigenvalue weighted by molar-refractivity contribution is 5.92. The Morgan fingerprint density at radius 2 is 1.29 bits per heavy atom. The Balaban J connectivity index is 1.53. The fourth-order valence-corrected chi connectivity index (χ4v) is 11.6. The zero-order valence-corrected chi connectivity index (χ0v) is 44.0. The predicted molar refractivity (Wildman–Crippen MR) is 290 cm³/mol. The molecule has 0 N–H and O–H groups in total. The molecule has 0 spiro atoms. The van der Waals surface area contributed by atoms with Gasteiger partial charge in [0.25, 0.3) is 0 Å². The number of nitrogens with zero attached hydrogens (tertiary/aromatic N) is 1. The second kappa shape index (κ2) is 26.3. The molecule has 4 aliphatic rings. The molecule has 0 aromatic heterocycles. The van der Waals surface area contributed by atoms with Crippen LogP contribution in [0.1, 0.15) is 253 Å². The average molecular weight is 880 g/mol. The Hall–Kier alpha value is -3.32. The van der Waals surface area contributed by atoms with Crippen LogP contribution in [0.4, 0.5) is 0 Å². The lowest BCUT2D eigenvalue weighted by atomic mass is 9.70. The van der Waals surface area contributed by atoms with E-state index in [1.54, 1.807) is 22.3 Å². The molecule has 0 fully saturated rings. The first-order valence-electron chi connectivity index (χ1n) is 27.8. The number of hydrogen-bond acceptors (Lipinski definition) is 1. The first-order chi connectivity index (χ1) is 31.6. The normalized spacial score (nSPS) is 20.0. The van der Waals surface area contributed by atoms with Gasteiger partial charge in [-0.3, -0.25) is 0 Å². The lowest BCUT2D eigenvalue weighted by Crippen LogP contribution is -2.34. The second-order valence-electron chi connectivity index (χ2n) is 21.3. The molecule has 4 aliphatic carbocycles. The number of unbranched alkanes of at least 4 members (excludes halogenated alkanes) is 11. The van der Waals surface area contributed by atoms with Crippen molar-refractivity contribution in [1.82, 2.24) is 4.90 Å². The van der Waals surface area contributed by atoms with Crippen molar-refractivity contribution >= 4 is 11.1 Å². The van der Waals surface area contributed by atoms with E-state index in [0.717, 1.165) is 19.3 Å². The van der Waals surface area contributed by atoms with Gasteiger partial charge in [0.2, 0.25) is 0 Å². The van der Waals surface area contributed by atoms with Crippen LogP contribution < -0.4 is 0 Å². The number of hydrogen-bond donors (Lipinski definition) is 0. The highest BCUT2D eigenvalue weighted by Crippen LogP contribution is 2.56. The van der Waals surface area contributed by atoms with E-state index >= 15 is 0 Å². The van der Waals surface area contributed by atoms with Crippen LogP contribution in [-0.2, 0) is 5.41 Å². The van der Waals surface area contributed by atoms with E-state index in [9.17, 15) is 0 Å². The van der Waals surface area contributed by atoms with Gasteiger partial charge in [-0.25, -0.2) is 0 Å². The van der Waals surface area contributed by atoms with Gasteiger partial charge in [-0.2, -0.15) is 0 Å². The van der Waals surface area contributed by atoms with Gasteiger partial charge < -0.3 is 4.90 Å². The molecule has 0 bridgehead atoms. The molecule has 1 atom stereocenters. The largest absolute Gasteiger partial charge is 0.342 e. The van der Waals surface area contributed by atoms with Crippen molar-refractivity contribution in [2.75, 3.05) is 0 Å². The predicted octanol–water partition coefficient (Wildman–Crippen LogP) is 20.4. The van der Waals surface area contributed by atoms with Crippen molar-refractivity contribution in [1.29, 1.82) is 0 Å². The van der Waals surface area contributed by atoms with Crippen LogP contribution in [0.25, 0.3) is 11.1 Å². The van der Waals surface area contributed by atoms with Crippen LogP contribution in [0.3, 0.4) is 0 Å². The zero-order valence-electron chi connectivity index (χ0n) is 44.0. The summed E-state index contributed by atoms with van der Waals surface area (Å²) in [5, 5.41) is 0. The minimum atomic E-state index is 0.0643. The summed E-state index contributed by atoms with van der Waals surface area (Å²) in [4.78, 5) is 2.76. The number of fused-ring (bicyclic) bond motifs is 1. The highest BCUT2D eigenvalue weighted by atomic mass is 15.2. The van der Waals surface area contributed by atoms with Gasteiger partial charge in [0.05, 0.1) is 6.04 Å². The maximum absolute atomic E-state index is 2.76. The van der Waals surface area contributed by atoms with Gasteiger partial charge >= 0.3 is 0 Å². The van der Waals surface area contributed by atoms with Crippen LogP contribution in [0, 0.1) is 10.8 Å². The molecule has 0 heterocycles. The molecule has 1 nitrogen and oxygen atoms in total. The van der Waals surface area contributed by atoms with Gasteiger partial charge in [-0.05, 0) is 153 Å². The standard InChI is InChI=1S/C64H97N/c1-11-19-22-24-26-28-48-64(49-29-27-25-23-20-12-2)60(14-4)58(32-30-47-62(9,15-5)16-6)59-46-37-53(50-61(59)64)52-35-42-56(43-36-52)65(55-40-33-51(34-41-55)31-21-13-3)57-44-38-54(39-45-57)63(10,17-7)18-8/h14,30,32-33,35-38,40,42,44,46-47,50,56H,11-13,15-29,31,34,39,41,43,45,48-49H2,1-10H3/b47-30+,58-32-,60-14+. The molecular formula is C64H97N. The van der Waals surface area contributed by atoms with Crippen molar-refractivity contribution in [3.05, 3.63) is 130 Å². The van der Waals surface area contributed by atoms with E-state index in [0.29, 0.717) is 11.5 Å². The van der Waals surface area contributed by atoms with Crippen LogP contribution in [0.15, 0.2) is 113 Å². The quantitative estimate of drug-likeness (QED) is 0.0758. The topological polar surface area (TPSA) is 3.24 Å². The molecule has 0 saturated heterocycles. The van der Waals surface area contributed by atoms with Gasteiger partial charge in [-0.1, -0.05) is 224 Å². The van der Waals surface area contributed by atoms with Gasteiger partial charge in [0, 0.05) is 16.8 Å². The number of allylic oxidation sites excluding steroid dienone is 16. The lowest BCUT2D eigenvalue weighted by Gasteiger charge is -2.40. The van der Waals surface area contributed by atoms with Crippen LogP contribution in [-0.4, -0.2) is 10.9 Å². The fraction of sp³-hybridized carbons (Fsp3) is 0.625. The molecular weight excluding hydrogens is 783 g/mol. The molecule has 1 heteroatoms. The average Bonchev–Trinajstić information content (AvgIpc) is 3.60. The van der Waals surface area contributed by atoms with Crippen LogP contribution in [0.5, 0.6) is 0 Å². The Kier molecular flexibility index (Phi) is 21.3. The van der Waals surface area contributed by atoms with Crippen molar-refractivity contribution in [2.45, 2.75) is 248 Å². The zero-order chi connectivity index (χ0) is 46.7. The monoisotopic (exact) mass is 880 g/mol. The maximum atomic E-state index is 2.76. The summed E-state index contributed by atoms with van der Waals surface area (Å²) in [6, 6.07) is 8.00. The highest BCUT2D eigenvalue weighted by Gasteiger charge is 2.44. The molecule has 5 rings (SSSR count). The summed E-state index contributed by atoms with van der Waals surface area (Å²) >= 11 is 0. The van der Waals surface area contributed by atoms with Crippen molar-refractivity contribution in [3.63, 3.8) is 0 Å². The Labute approximate surface area is 402 Å². The molecule has 65 heavy (non-hydrogen) atoms. The molecule has 0 aliphatic heterocycles. The third kappa shape index (κ3) is 13.4. The van der Waals surface area contributed by atoms with Crippen molar-refractivity contribution < 1.29 is 0 Å². The minimum Gasteiger partial charge on any atom is -0.342 e. The van der Waals surface area contributed by atoms with Gasteiger partial charge in [0.15, 0.2) is 0 Å². The van der Waals surface area contributed by atoms with E-state index in [4.69, 9.17) is 0 Å². The van der Waals surface area contributed by atoms with Crippen molar-refractivity contribution in [2.24, 2.45) is 10.8 Å². The van der Waals surface area contributed by atoms with Crippen LogP contribution >= 0.6 is 0 Å². The molecule has 1 aromatic rings. The Morgan fingerprint density at radius 3 is 1.82 bits per heavy atom. The summed E-state index contributed by atoms with van der Waals surface area (Å²) in [5.41, 5.74) is 15.9. The number of rotatable bonds is 28. The minimum absolute atomic E-state index is 0.0643. The van der Waals surface area contributed by atoms with Gasteiger partial charge in [-0.15, -0.1) is 0 Å². The molecule has 0 saturated carbocycles. The Bertz CT molecular complexity index is 1920. The molecule has 1 unspecified atom stereocenters. The second-order valence-corrected chi connectivity index (χ2v) is 21.3. The SMILES string of the molecule is C\C=C1/C(=C\C=C\C(C)(CC)CC)c2ccc(C3=CCC(N(C4=CC=C(CCCC)CC4)C4=CC=C(C(C)(CC)CC)CC4)C=C3)cc2C1(CCCCCCCC)CCCCCCCC. The fourth-order valence-electron chi connectivity index (χ4n) is 11.6. The van der Waals surface area contributed by atoms with E-state index < -0.39 is 0 Å². The van der Waals surface area contributed by atoms with E-state index in [2.05, 4.69) is 159 Å². The third-order valence-electron chi connectivity index (χ3n) is 17.1. The molecule has 358 valence electrons. The molecule has 0 amide bonds. The number of benzene rings is 1. The first kappa shape index (κ1) is 52.6. The smallest absolute Gasteiger partial charge is 0.0554 e. The van der Waals surface area contributed by atoms with Crippen molar-refractivity contribution in [3.8, 4) is 0 Å². The van der Waals surface area contributed by atoms with E-state index in [1.165, 1.54) is 181 Å². The summed E-state index contributed by atoms with van der Waals surface area (Å²) in [7, 11) is 0. The third-order valence-corrected chi connectivity index (χ3v) is 17.1. The van der Waals surface area contributed by atoms with E-state index in [1.807, 2.05) is 0 Å². The first-order valence-corrected chi connectivity index (χ1v) is 27.8.